The Morgan fingerprint density at radius 1 is 1.47 bits per heavy atom. The molecule has 15 heavy (non-hydrogen) atoms. The van der Waals surface area contributed by atoms with Crippen LogP contribution in [0.15, 0.2) is 0 Å². The molecule has 1 rings (SSSR count). The Hall–Kier alpha value is -0.570. The first-order valence-corrected chi connectivity index (χ1v) is 6.06. The Bertz CT molecular complexity index is 212. The molecule has 88 valence electrons. The van der Waals surface area contributed by atoms with E-state index in [2.05, 4.69) is 18.7 Å². The Balaban J connectivity index is 2.43. The molecule has 1 aliphatic heterocycles. The summed E-state index contributed by atoms with van der Waals surface area (Å²) in [5.74, 6) is 0.338. The van der Waals surface area contributed by atoms with Crippen LogP contribution in [0.4, 0.5) is 0 Å². The van der Waals surface area contributed by atoms with Crippen LogP contribution in [0.2, 0.25) is 0 Å². The van der Waals surface area contributed by atoms with Crippen molar-refractivity contribution in [3.63, 3.8) is 0 Å². The molecule has 1 fully saturated rings. The fourth-order valence-corrected chi connectivity index (χ4v) is 2.41. The standard InChI is InChI=1S/C12H23NO2/c1-4-6-10-7-13(8-10)11(12(14)15)9(3)5-2/h9-11H,4-8H2,1-3H3,(H,14,15). The third-order valence-electron chi connectivity index (χ3n) is 3.51. The van der Waals surface area contributed by atoms with Crippen molar-refractivity contribution in [2.75, 3.05) is 13.1 Å². The van der Waals surface area contributed by atoms with Crippen molar-refractivity contribution in [1.29, 1.82) is 0 Å². The van der Waals surface area contributed by atoms with E-state index in [0.29, 0.717) is 0 Å². The number of carboxylic acid groups (broad SMARTS) is 1. The summed E-state index contributed by atoms with van der Waals surface area (Å²) in [7, 11) is 0. The first kappa shape index (κ1) is 12.5. The Kier molecular flexibility index (Phi) is 4.58. The predicted molar refractivity (Wildman–Crippen MR) is 60.8 cm³/mol. The molecule has 2 atom stereocenters. The van der Waals surface area contributed by atoms with Gasteiger partial charge in [0.2, 0.25) is 0 Å². The van der Waals surface area contributed by atoms with Crippen LogP contribution >= 0.6 is 0 Å². The molecule has 1 aliphatic rings. The lowest BCUT2D eigenvalue weighted by Gasteiger charge is -2.44. The van der Waals surface area contributed by atoms with Crippen molar-refractivity contribution in [1.82, 2.24) is 4.90 Å². The van der Waals surface area contributed by atoms with Crippen LogP contribution in [-0.4, -0.2) is 35.1 Å². The van der Waals surface area contributed by atoms with Gasteiger partial charge in [-0.2, -0.15) is 0 Å². The molecule has 0 spiro atoms. The number of carbonyl (C=O) groups is 1. The number of nitrogens with zero attached hydrogens (tertiary/aromatic N) is 1. The number of hydrogen-bond acceptors (Lipinski definition) is 2. The van der Waals surface area contributed by atoms with E-state index in [1.54, 1.807) is 0 Å². The quantitative estimate of drug-likeness (QED) is 0.735. The topological polar surface area (TPSA) is 40.5 Å². The highest BCUT2D eigenvalue weighted by atomic mass is 16.4. The molecule has 0 aromatic carbocycles. The molecule has 0 aliphatic carbocycles. The van der Waals surface area contributed by atoms with E-state index in [1.165, 1.54) is 12.8 Å². The van der Waals surface area contributed by atoms with Gasteiger partial charge in [0.05, 0.1) is 0 Å². The molecular weight excluding hydrogens is 190 g/mol. The molecule has 1 saturated heterocycles. The van der Waals surface area contributed by atoms with Gasteiger partial charge in [0.1, 0.15) is 6.04 Å². The van der Waals surface area contributed by atoms with Gasteiger partial charge < -0.3 is 5.11 Å². The average Bonchev–Trinajstić information content (AvgIpc) is 2.13. The number of carboxylic acids is 1. The normalized spacial score (nSPS) is 22.1. The molecule has 0 saturated carbocycles. The van der Waals surface area contributed by atoms with Gasteiger partial charge >= 0.3 is 5.97 Å². The van der Waals surface area contributed by atoms with E-state index >= 15 is 0 Å². The first-order valence-electron chi connectivity index (χ1n) is 6.06. The van der Waals surface area contributed by atoms with Crippen LogP contribution in [0, 0.1) is 11.8 Å². The van der Waals surface area contributed by atoms with Gasteiger partial charge in [-0.25, -0.2) is 0 Å². The maximum atomic E-state index is 11.2. The summed E-state index contributed by atoms with van der Waals surface area (Å²) in [6.07, 6.45) is 3.38. The summed E-state index contributed by atoms with van der Waals surface area (Å²) in [6, 6.07) is -0.261. The predicted octanol–water partition coefficient (Wildman–Crippen LogP) is 2.22. The molecule has 1 N–H and O–H groups in total. The van der Waals surface area contributed by atoms with E-state index in [-0.39, 0.29) is 12.0 Å². The lowest BCUT2D eigenvalue weighted by molar-refractivity contribution is -0.149. The molecule has 0 aromatic rings. The highest BCUT2D eigenvalue weighted by Gasteiger charge is 2.37. The third kappa shape index (κ3) is 2.94. The molecular formula is C12H23NO2. The van der Waals surface area contributed by atoms with Crippen molar-refractivity contribution < 1.29 is 9.90 Å². The maximum Gasteiger partial charge on any atom is 0.321 e. The van der Waals surface area contributed by atoms with Gasteiger partial charge in [-0.05, 0) is 18.3 Å². The monoisotopic (exact) mass is 213 g/mol. The Morgan fingerprint density at radius 2 is 2.07 bits per heavy atom. The summed E-state index contributed by atoms with van der Waals surface area (Å²) >= 11 is 0. The zero-order valence-electron chi connectivity index (χ0n) is 10.1. The van der Waals surface area contributed by atoms with Crippen molar-refractivity contribution in [2.24, 2.45) is 11.8 Å². The summed E-state index contributed by atoms with van der Waals surface area (Å²) in [5, 5.41) is 9.18. The van der Waals surface area contributed by atoms with Gasteiger partial charge in [-0.15, -0.1) is 0 Å². The minimum absolute atomic E-state index is 0.255. The minimum Gasteiger partial charge on any atom is -0.480 e. The van der Waals surface area contributed by atoms with Gasteiger partial charge in [0.15, 0.2) is 0 Å². The van der Waals surface area contributed by atoms with Crippen LogP contribution in [-0.2, 0) is 4.79 Å². The molecule has 0 radical (unpaired) electrons. The highest BCUT2D eigenvalue weighted by molar-refractivity contribution is 5.74. The Morgan fingerprint density at radius 3 is 2.47 bits per heavy atom. The molecule has 0 aromatic heterocycles. The number of likely N-dealkylation sites (tertiary alicyclic amines) is 1. The Labute approximate surface area is 92.5 Å². The van der Waals surface area contributed by atoms with Crippen molar-refractivity contribution in [3.8, 4) is 0 Å². The second-order valence-corrected chi connectivity index (χ2v) is 4.78. The molecule has 0 bridgehead atoms. The maximum absolute atomic E-state index is 11.2. The number of aliphatic carboxylic acids is 1. The van der Waals surface area contributed by atoms with E-state index in [1.807, 2.05) is 6.92 Å². The van der Waals surface area contributed by atoms with E-state index < -0.39 is 5.97 Å². The molecule has 0 amide bonds. The molecule has 3 nitrogen and oxygen atoms in total. The van der Waals surface area contributed by atoms with Crippen LogP contribution in [0.5, 0.6) is 0 Å². The van der Waals surface area contributed by atoms with Gasteiger partial charge in [0, 0.05) is 13.1 Å². The number of hydrogen-bond donors (Lipinski definition) is 1. The van der Waals surface area contributed by atoms with Crippen LogP contribution in [0.3, 0.4) is 0 Å². The van der Waals surface area contributed by atoms with E-state index in [4.69, 9.17) is 0 Å². The van der Waals surface area contributed by atoms with Gasteiger partial charge in [-0.3, -0.25) is 9.69 Å². The van der Waals surface area contributed by atoms with Crippen LogP contribution < -0.4 is 0 Å². The molecule has 2 unspecified atom stereocenters. The van der Waals surface area contributed by atoms with E-state index in [9.17, 15) is 9.90 Å². The smallest absolute Gasteiger partial charge is 0.321 e. The molecule has 1 heterocycles. The largest absolute Gasteiger partial charge is 0.480 e. The fraction of sp³-hybridized carbons (Fsp3) is 0.917. The number of rotatable bonds is 6. The third-order valence-corrected chi connectivity index (χ3v) is 3.51. The zero-order valence-corrected chi connectivity index (χ0v) is 10.1. The van der Waals surface area contributed by atoms with Crippen LogP contribution in [0.25, 0.3) is 0 Å². The highest BCUT2D eigenvalue weighted by Crippen LogP contribution is 2.27. The van der Waals surface area contributed by atoms with Crippen molar-refractivity contribution in [3.05, 3.63) is 0 Å². The fourth-order valence-electron chi connectivity index (χ4n) is 2.41. The lowest BCUT2D eigenvalue weighted by atomic mass is 9.88. The average molecular weight is 213 g/mol. The first-order chi connectivity index (χ1) is 7.10. The summed E-state index contributed by atoms with van der Waals surface area (Å²) < 4.78 is 0. The SMILES string of the molecule is CCCC1CN(C(C(=O)O)C(C)CC)C1. The van der Waals surface area contributed by atoms with E-state index in [0.717, 1.165) is 25.4 Å². The van der Waals surface area contributed by atoms with Crippen molar-refractivity contribution >= 4 is 5.97 Å². The van der Waals surface area contributed by atoms with Crippen LogP contribution in [0.1, 0.15) is 40.0 Å². The summed E-state index contributed by atoms with van der Waals surface area (Å²) in [4.78, 5) is 13.3. The lowest BCUT2D eigenvalue weighted by Crippen LogP contribution is -2.56. The van der Waals surface area contributed by atoms with Gasteiger partial charge in [-0.1, -0.05) is 33.6 Å². The minimum atomic E-state index is -0.653. The van der Waals surface area contributed by atoms with Crippen molar-refractivity contribution in [2.45, 2.75) is 46.1 Å². The second-order valence-electron chi connectivity index (χ2n) is 4.78. The second kappa shape index (κ2) is 5.50. The molecule has 3 heteroatoms. The summed E-state index contributed by atoms with van der Waals surface area (Å²) in [6.45, 7) is 8.24. The zero-order chi connectivity index (χ0) is 11.4. The van der Waals surface area contributed by atoms with Gasteiger partial charge in [0.25, 0.3) is 0 Å². The summed E-state index contributed by atoms with van der Waals surface area (Å²) in [5.41, 5.74) is 0.